The highest BCUT2D eigenvalue weighted by atomic mass is 79.9. The van der Waals surface area contributed by atoms with Crippen molar-refractivity contribution in [1.29, 1.82) is 0 Å². The third-order valence-corrected chi connectivity index (χ3v) is 5.40. The van der Waals surface area contributed by atoms with Crippen LogP contribution < -0.4 is 21.1 Å². The largest absolute Gasteiger partial charge is 0.496 e. The van der Waals surface area contributed by atoms with E-state index in [4.69, 9.17) is 20.9 Å². The van der Waals surface area contributed by atoms with E-state index < -0.39 is 11.6 Å². The molecule has 0 radical (unpaired) electrons. The molecule has 0 atom stereocenters. The molecule has 0 aromatic heterocycles. The van der Waals surface area contributed by atoms with Crippen molar-refractivity contribution in [2.45, 2.75) is 37.8 Å². The molecule has 1 aliphatic carbocycles. The molecule has 2 aliphatic rings. The lowest BCUT2D eigenvalue weighted by Crippen LogP contribution is -2.58. The molecule has 8 nitrogen and oxygen atoms in total. The number of carbonyl (C=O) groups excluding carboxylic acids is 1. The van der Waals surface area contributed by atoms with Crippen molar-refractivity contribution >= 4 is 39.5 Å². The molecule has 0 saturated heterocycles. The van der Waals surface area contributed by atoms with Gasteiger partial charge < -0.3 is 20.9 Å². The number of aliphatic imine (C=N–C) groups is 2. The average molecular weight is 424 g/mol. The maximum absolute atomic E-state index is 12.0. The summed E-state index contributed by atoms with van der Waals surface area (Å²) in [5.41, 5.74) is 12.6. The van der Waals surface area contributed by atoms with E-state index >= 15 is 0 Å². The van der Waals surface area contributed by atoms with Gasteiger partial charge in [0.25, 0.3) is 0 Å². The minimum atomic E-state index is -0.575. The molecule has 9 heteroatoms. The number of esters is 1. The third kappa shape index (κ3) is 3.11. The van der Waals surface area contributed by atoms with Gasteiger partial charge in [-0.15, -0.1) is 0 Å². The van der Waals surface area contributed by atoms with Gasteiger partial charge in [-0.1, -0.05) is 6.42 Å². The van der Waals surface area contributed by atoms with E-state index in [1.165, 1.54) is 14.2 Å². The fourth-order valence-corrected chi connectivity index (χ4v) is 4.14. The number of hydrogen-bond acceptors (Lipinski definition) is 8. The lowest BCUT2D eigenvalue weighted by atomic mass is 9.87. The molecule has 1 fully saturated rings. The van der Waals surface area contributed by atoms with E-state index in [1.54, 1.807) is 12.1 Å². The summed E-state index contributed by atoms with van der Waals surface area (Å²) in [6, 6.07) is 3.40. The maximum Gasteiger partial charge on any atom is 0.341 e. The van der Waals surface area contributed by atoms with E-state index in [0.29, 0.717) is 21.5 Å². The van der Waals surface area contributed by atoms with Crippen molar-refractivity contribution in [3.05, 3.63) is 22.2 Å². The first kappa shape index (κ1) is 18.5. The topological polar surface area (TPSA) is 116 Å². The van der Waals surface area contributed by atoms with Gasteiger partial charge in [-0.3, -0.25) is 4.90 Å². The molecule has 0 bridgehead atoms. The first-order valence-electron chi connectivity index (χ1n) is 8.37. The molecule has 1 aromatic rings. The van der Waals surface area contributed by atoms with Crippen molar-refractivity contribution in [1.82, 2.24) is 0 Å². The molecule has 26 heavy (non-hydrogen) atoms. The smallest absolute Gasteiger partial charge is 0.341 e. The summed E-state index contributed by atoms with van der Waals surface area (Å²) < 4.78 is 10.9. The van der Waals surface area contributed by atoms with Crippen LogP contribution in [0.4, 0.5) is 5.69 Å². The molecule has 3 rings (SSSR count). The van der Waals surface area contributed by atoms with Gasteiger partial charge in [0.15, 0.2) is 0 Å². The Morgan fingerprint density at radius 3 is 2.54 bits per heavy atom. The minimum Gasteiger partial charge on any atom is -0.496 e. The fraction of sp³-hybridized carbons (Fsp3) is 0.471. The fourth-order valence-electron chi connectivity index (χ4n) is 3.62. The summed E-state index contributed by atoms with van der Waals surface area (Å²) in [5.74, 6) is 0.364. The quantitative estimate of drug-likeness (QED) is 0.720. The van der Waals surface area contributed by atoms with Gasteiger partial charge in [0.05, 0.1) is 19.9 Å². The first-order valence-corrected chi connectivity index (χ1v) is 9.17. The SMILES string of the molecule is COC(=O)c1cc(Br)c(N2C(N)=NC(N)=NC23CCCCC3)cc1OC. The number of hydrogen-bond donors (Lipinski definition) is 2. The van der Waals surface area contributed by atoms with Crippen molar-refractivity contribution in [3.63, 3.8) is 0 Å². The number of benzene rings is 1. The lowest BCUT2D eigenvalue weighted by Gasteiger charge is -2.46. The molecule has 0 unspecified atom stereocenters. The van der Waals surface area contributed by atoms with Crippen molar-refractivity contribution in [2.75, 3.05) is 19.1 Å². The maximum atomic E-state index is 12.0. The zero-order valence-electron chi connectivity index (χ0n) is 14.8. The second-order valence-electron chi connectivity index (χ2n) is 6.31. The van der Waals surface area contributed by atoms with Crippen molar-refractivity contribution in [2.24, 2.45) is 21.5 Å². The summed E-state index contributed by atoms with van der Waals surface area (Å²) in [4.78, 5) is 22.7. The summed E-state index contributed by atoms with van der Waals surface area (Å²) in [6.45, 7) is 0. The zero-order valence-corrected chi connectivity index (χ0v) is 16.4. The minimum absolute atomic E-state index is 0.190. The van der Waals surface area contributed by atoms with Crippen LogP contribution in [0, 0.1) is 0 Å². The number of ether oxygens (including phenoxy) is 2. The third-order valence-electron chi connectivity index (χ3n) is 4.77. The molecule has 0 amide bonds. The summed E-state index contributed by atoms with van der Waals surface area (Å²) in [7, 11) is 2.83. The number of halogens is 1. The highest BCUT2D eigenvalue weighted by Crippen LogP contribution is 2.43. The molecule has 1 aliphatic heterocycles. The standard InChI is InChI=1S/C17H22BrN5O3/c1-25-13-9-12(11(18)8-10(13)14(24)26-2)23-16(20)21-15(19)22-17(23)6-4-3-5-7-17/h8-9H,3-7H2,1-2H3,(H4,19,20,21,22). The predicted molar refractivity (Wildman–Crippen MR) is 104 cm³/mol. The Kier molecular flexibility index (Phi) is 5.08. The van der Waals surface area contributed by atoms with Crippen LogP contribution >= 0.6 is 15.9 Å². The van der Waals surface area contributed by atoms with Gasteiger partial charge in [-0.2, -0.15) is 4.99 Å². The number of anilines is 1. The highest BCUT2D eigenvalue weighted by Gasteiger charge is 2.43. The molecule has 1 spiro atoms. The van der Waals surface area contributed by atoms with E-state index in [1.807, 2.05) is 4.90 Å². The molecule has 1 saturated carbocycles. The Morgan fingerprint density at radius 1 is 1.23 bits per heavy atom. The number of methoxy groups -OCH3 is 2. The molecule has 1 aromatic carbocycles. The summed E-state index contributed by atoms with van der Waals surface area (Å²) in [5, 5.41) is 0. The lowest BCUT2D eigenvalue weighted by molar-refractivity contribution is 0.0597. The second-order valence-corrected chi connectivity index (χ2v) is 7.17. The van der Waals surface area contributed by atoms with E-state index in [2.05, 4.69) is 25.9 Å². The Hall–Kier alpha value is -2.29. The Bertz CT molecular complexity index is 787. The average Bonchev–Trinajstić information content (AvgIpc) is 2.62. The van der Waals surface area contributed by atoms with Crippen molar-refractivity contribution < 1.29 is 14.3 Å². The molecule has 4 N–H and O–H groups in total. The summed E-state index contributed by atoms with van der Waals surface area (Å²) in [6.07, 6.45) is 4.83. The summed E-state index contributed by atoms with van der Waals surface area (Å²) >= 11 is 3.54. The van der Waals surface area contributed by atoms with Crippen LogP contribution in [0.15, 0.2) is 26.6 Å². The van der Waals surface area contributed by atoms with Crippen LogP contribution in [-0.2, 0) is 4.74 Å². The van der Waals surface area contributed by atoms with Gasteiger partial charge in [0, 0.05) is 10.5 Å². The van der Waals surface area contributed by atoms with E-state index in [9.17, 15) is 4.79 Å². The Morgan fingerprint density at radius 2 is 1.92 bits per heavy atom. The van der Waals surface area contributed by atoms with Crippen LogP contribution in [0.3, 0.4) is 0 Å². The zero-order chi connectivity index (χ0) is 18.9. The van der Waals surface area contributed by atoms with Crippen molar-refractivity contribution in [3.8, 4) is 5.75 Å². The normalized spacial score (nSPS) is 19.0. The number of nitrogens with two attached hydrogens (primary N) is 2. The predicted octanol–water partition coefficient (Wildman–Crippen LogP) is 2.35. The van der Waals surface area contributed by atoms with Crippen LogP contribution in [0.2, 0.25) is 0 Å². The van der Waals surface area contributed by atoms with Crippen LogP contribution in [0.1, 0.15) is 42.5 Å². The van der Waals surface area contributed by atoms with Crippen LogP contribution in [0.25, 0.3) is 0 Å². The van der Waals surface area contributed by atoms with Gasteiger partial charge in [-0.05, 0) is 47.7 Å². The number of nitrogens with zero attached hydrogens (tertiary/aromatic N) is 3. The number of carbonyl (C=O) groups is 1. The van der Waals surface area contributed by atoms with Crippen LogP contribution in [-0.4, -0.2) is 37.8 Å². The van der Waals surface area contributed by atoms with E-state index in [-0.39, 0.29) is 11.9 Å². The molecule has 140 valence electrons. The van der Waals surface area contributed by atoms with Gasteiger partial charge in [-0.25, -0.2) is 9.79 Å². The molecular formula is C17H22BrN5O3. The van der Waals surface area contributed by atoms with Crippen LogP contribution in [0.5, 0.6) is 5.75 Å². The van der Waals surface area contributed by atoms with Gasteiger partial charge in [0.1, 0.15) is 17.0 Å². The van der Waals surface area contributed by atoms with Gasteiger partial charge in [0.2, 0.25) is 11.9 Å². The highest BCUT2D eigenvalue weighted by molar-refractivity contribution is 9.10. The van der Waals surface area contributed by atoms with Gasteiger partial charge >= 0.3 is 5.97 Å². The Balaban J connectivity index is 2.14. The Labute approximate surface area is 160 Å². The molecular weight excluding hydrogens is 402 g/mol. The monoisotopic (exact) mass is 423 g/mol. The number of rotatable bonds is 3. The molecule has 1 heterocycles. The first-order chi connectivity index (χ1) is 12.4. The second kappa shape index (κ2) is 7.14. The number of guanidine groups is 2. The van der Waals surface area contributed by atoms with E-state index in [0.717, 1.165) is 32.1 Å².